The highest BCUT2D eigenvalue weighted by atomic mass is 32.1. The van der Waals surface area contributed by atoms with E-state index in [-0.39, 0.29) is 0 Å². The molecule has 1 heterocycles. The molecule has 0 saturated carbocycles. The van der Waals surface area contributed by atoms with Crippen LogP contribution < -0.4 is 10.5 Å². The third-order valence-electron chi connectivity index (χ3n) is 2.78. The molecule has 0 fully saturated rings. The zero-order valence-electron chi connectivity index (χ0n) is 11.3. The van der Waals surface area contributed by atoms with Crippen molar-refractivity contribution in [3.8, 4) is 17.0 Å². The lowest BCUT2D eigenvalue weighted by Crippen LogP contribution is -2.13. The number of aliphatic hydroxyl groups excluding tert-OH is 1. The summed E-state index contributed by atoms with van der Waals surface area (Å²) in [5.74, 6) is 0.767. The molecule has 0 spiro atoms. The van der Waals surface area contributed by atoms with Crippen LogP contribution >= 0.6 is 11.3 Å². The maximum absolute atomic E-state index is 9.24. The van der Waals surface area contributed by atoms with Gasteiger partial charge in [0.1, 0.15) is 12.4 Å². The number of ether oxygens (including phenoxy) is 1. The number of nitrogen functional groups attached to an aromatic ring is 1. The van der Waals surface area contributed by atoms with Crippen molar-refractivity contribution in [1.29, 1.82) is 0 Å². The molecule has 0 radical (unpaired) electrons. The summed E-state index contributed by atoms with van der Waals surface area (Å²) in [6, 6.07) is 3.92. The highest BCUT2D eigenvalue weighted by Gasteiger charge is 2.11. The van der Waals surface area contributed by atoms with Crippen LogP contribution in [0.2, 0.25) is 0 Å². The van der Waals surface area contributed by atoms with Gasteiger partial charge in [-0.15, -0.1) is 11.3 Å². The van der Waals surface area contributed by atoms with Crippen molar-refractivity contribution in [2.45, 2.75) is 26.9 Å². The number of thiazole rings is 1. The molecule has 2 rings (SSSR count). The largest absolute Gasteiger partial charge is 0.491 e. The van der Waals surface area contributed by atoms with Crippen molar-refractivity contribution in [2.24, 2.45) is 0 Å². The van der Waals surface area contributed by atoms with Gasteiger partial charge in [0.25, 0.3) is 0 Å². The van der Waals surface area contributed by atoms with Crippen molar-refractivity contribution < 1.29 is 9.84 Å². The standard InChI is InChI=1S/C14H18N2O2S/c1-8-4-11(18-6-10(3)17)5-9(2)13(8)12-7-19-14(15)16-12/h4-5,7,10,17H,6H2,1-3H3,(H2,15,16). The molecule has 1 aromatic heterocycles. The van der Waals surface area contributed by atoms with Gasteiger partial charge in [-0.3, -0.25) is 0 Å². The van der Waals surface area contributed by atoms with Crippen LogP contribution in [0, 0.1) is 13.8 Å². The number of nitrogens with two attached hydrogens (primary N) is 1. The van der Waals surface area contributed by atoms with E-state index in [0.29, 0.717) is 11.7 Å². The van der Waals surface area contributed by atoms with Crippen LogP contribution in [0.4, 0.5) is 5.13 Å². The van der Waals surface area contributed by atoms with E-state index >= 15 is 0 Å². The first-order valence-corrected chi connectivity index (χ1v) is 6.99. The molecule has 4 nitrogen and oxygen atoms in total. The monoisotopic (exact) mass is 278 g/mol. The molecule has 0 aliphatic carbocycles. The maximum atomic E-state index is 9.24. The van der Waals surface area contributed by atoms with Gasteiger partial charge in [-0.25, -0.2) is 4.98 Å². The van der Waals surface area contributed by atoms with Crippen molar-refractivity contribution >= 4 is 16.5 Å². The molecular weight excluding hydrogens is 260 g/mol. The van der Waals surface area contributed by atoms with Gasteiger partial charge in [0.2, 0.25) is 0 Å². The Labute approximate surface area is 116 Å². The van der Waals surface area contributed by atoms with E-state index in [1.165, 1.54) is 11.3 Å². The van der Waals surface area contributed by atoms with Crippen LogP contribution in [0.1, 0.15) is 18.1 Å². The van der Waals surface area contributed by atoms with Crippen molar-refractivity contribution in [1.82, 2.24) is 4.98 Å². The van der Waals surface area contributed by atoms with Crippen LogP contribution in [0.3, 0.4) is 0 Å². The molecule has 2 aromatic rings. The van der Waals surface area contributed by atoms with Crippen molar-refractivity contribution in [2.75, 3.05) is 12.3 Å². The molecule has 0 aliphatic heterocycles. The van der Waals surface area contributed by atoms with Crippen molar-refractivity contribution in [3.05, 3.63) is 28.6 Å². The lowest BCUT2D eigenvalue weighted by molar-refractivity contribution is 0.122. The lowest BCUT2D eigenvalue weighted by Gasteiger charge is -2.13. The number of rotatable bonds is 4. The van der Waals surface area contributed by atoms with Gasteiger partial charge in [-0.1, -0.05) is 0 Å². The van der Waals surface area contributed by atoms with Crippen LogP contribution in [0.25, 0.3) is 11.3 Å². The van der Waals surface area contributed by atoms with Gasteiger partial charge in [0, 0.05) is 10.9 Å². The van der Waals surface area contributed by atoms with E-state index in [4.69, 9.17) is 10.5 Å². The normalized spacial score (nSPS) is 12.4. The first-order valence-electron chi connectivity index (χ1n) is 6.11. The molecule has 1 atom stereocenters. The lowest BCUT2D eigenvalue weighted by atomic mass is 10.0. The Hall–Kier alpha value is -1.59. The van der Waals surface area contributed by atoms with Crippen LogP contribution in [0.5, 0.6) is 5.75 Å². The predicted octanol–water partition coefficient (Wildman–Crippen LogP) is 2.77. The van der Waals surface area contributed by atoms with Gasteiger partial charge < -0.3 is 15.6 Å². The van der Waals surface area contributed by atoms with Crippen LogP contribution in [-0.4, -0.2) is 22.8 Å². The van der Waals surface area contributed by atoms with Gasteiger partial charge >= 0.3 is 0 Å². The molecular formula is C14H18N2O2S. The second-order valence-electron chi connectivity index (χ2n) is 4.66. The average molecular weight is 278 g/mol. The second-order valence-corrected chi connectivity index (χ2v) is 5.55. The Morgan fingerprint density at radius 3 is 2.47 bits per heavy atom. The summed E-state index contributed by atoms with van der Waals surface area (Å²) in [5, 5.41) is 11.8. The summed E-state index contributed by atoms with van der Waals surface area (Å²) < 4.78 is 5.53. The summed E-state index contributed by atoms with van der Waals surface area (Å²) in [4.78, 5) is 4.32. The number of anilines is 1. The topological polar surface area (TPSA) is 68.4 Å². The molecule has 0 aliphatic rings. The number of benzene rings is 1. The van der Waals surface area contributed by atoms with E-state index in [1.54, 1.807) is 6.92 Å². The number of aliphatic hydroxyl groups is 1. The fraction of sp³-hybridized carbons (Fsp3) is 0.357. The molecule has 5 heteroatoms. The Morgan fingerprint density at radius 1 is 1.37 bits per heavy atom. The number of hydrogen-bond acceptors (Lipinski definition) is 5. The Kier molecular flexibility index (Phi) is 4.07. The quantitative estimate of drug-likeness (QED) is 0.902. The molecule has 0 saturated heterocycles. The Morgan fingerprint density at radius 2 is 2.00 bits per heavy atom. The SMILES string of the molecule is Cc1cc(OCC(C)O)cc(C)c1-c1csc(N)n1. The molecule has 0 amide bonds. The third-order valence-corrected chi connectivity index (χ3v) is 3.45. The fourth-order valence-electron chi connectivity index (χ4n) is 2.03. The highest BCUT2D eigenvalue weighted by molar-refractivity contribution is 7.13. The Balaban J connectivity index is 2.32. The van der Waals surface area contributed by atoms with E-state index in [0.717, 1.165) is 28.1 Å². The predicted molar refractivity (Wildman–Crippen MR) is 78.6 cm³/mol. The summed E-state index contributed by atoms with van der Waals surface area (Å²) in [6.45, 7) is 6.04. The maximum Gasteiger partial charge on any atom is 0.180 e. The second kappa shape index (κ2) is 5.59. The number of nitrogens with zero attached hydrogens (tertiary/aromatic N) is 1. The van der Waals surface area contributed by atoms with E-state index in [9.17, 15) is 5.11 Å². The van der Waals surface area contributed by atoms with Crippen LogP contribution in [0.15, 0.2) is 17.5 Å². The van der Waals surface area contributed by atoms with Gasteiger partial charge in [0.05, 0.1) is 11.8 Å². The Bertz CT molecular complexity index is 556. The van der Waals surface area contributed by atoms with Crippen LogP contribution in [-0.2, 0) is 0 Å². The minimum atomic E-state index is -0.473. The number of aryl methyl sites for hydroxylation is 2. The first-order chi connectivity index (χ1) is 8.97. The fourth-order valence-corrected chi connectivity index (χ4v) is 2.58. The minimum absolute atomic E-state index is 0.294. The highest BCUT2D eigenvalue weighted by Crippen LogP contribution is 2.32. The minimum Gasteiger partial charge on any atom is -0.491 e. The summed E-state index contributed by atoms with van der Waals surface area (Å²) >= 11 is 1.44. The zero-order valence-corrected chi connectivity index (χ0v) is 12.1. The number of aromatic nitrogens is 1. The first kappa shape index (κ1) is 13.8. The number of hydrogen-bond donors (Lipinski definition) is 2. The molecule has 1 aromatic carbocycles. The molecule has 3 N–H and O–H groups in total. The zero-order chi connectivity index (χ0) is 14.0. The third kappa shape index (κ3) is 3.24. The average Bonchev–Trinajstić information content (AvgIpc) is 2.72. The summed E-state index contributed by atoms with van der Waals surface area (Å²) in [5.41, 5.74) is 9.86. The van der Waals surface area contributed by atoms with E-state index in [1.807, 2.05) is 31.4 Å². The molecule has 19 heavy (non-hydrogen) atoms. The van der Waals surface area contributed by atoms with Gasteiger partial charge in [-0.05, 0) is 44.0 Å². The van der Waals surface area contributed by atoms with Gasteiger partial charge in [0.15, 0.2) is 5.13 Å². The molecule has 102 valence electrons. The summed E-state index contributed by atoms with van der Waals surface area (Å²) in [6.07, 6.45) is -0.473. The van der Waals surface area contributed by atoms with Crippen molar-refractivity contribution in [3.63, 3.8) is 0 Å². The summed E-state index contributed by atoms with van der Waals surface area (Å²) in [7, 11) is 0. The smallest absolute Gasteiger partial charge is 0.180 e. The molecule has 1 unspecified atom stereocenters. The van der Waals surface area contributed by atoms with E-state index < -0.39 is 6.10 Å². The molecule has 0 bridgehead atoms. The van der Waals surface area contributed by atoms with E-state index in [2.05, 4.69) is 4.98 Å². The van der Waals surface area contributed by atoms with Gasteiger partial charge in [-0.2, -0.15) is 0 Å².